The third-order valence-electron chi connectivity index (χ3n) is 6.23. The molecule has 0 spiro atoms. The second kappa shape index (κ2) is 7.47. The monoisotopic (exact) mass is 451 g/mol. The highest BCUT2D eigenvalue weighted by Crippen LogP contribution is 2.55. The van der Waals surface area contributed by atoms with E-state index < -0.39 is 47.3 Å². The van der Waals surface area contributed by atoms with Crippen LogP contribution in [0.15, 0.2) is 41.3 Å². The van der Waals surface area contributed by atoms with Gasteiger partial charge in [-0.3, -0.25) is 4.79 Å². The van der Waals surface area contributed by atoms with Gasteiger partial charge in [0.05, 0.1) is 17.6 Å². The first-order valence-corrected chi connectivity index (χ1v) is 10.0. The third kappa shape index (κ3) is 3.21. The Kier molecular flexibility index (Phi) is 5.15. The molecule has 3 atom stereocenters. The summed E-state index contributed by atoms with van der Waals surface area (Å²) in [7, 11) is 1.45. The van der Waals surface area contributed by atoms with Crippen LogP contribution in [0.1, 0.15) is 42.9 Å². The zero-order chi connectivity index (χ0) is 23.4. The van der Waals surface area contributed by atoms with Crippen molar-refractivity contribution in [3.8, 4) is 5.75 Å². The fourth-order valence-corrected chi connectivity index (χ4v) is 4.50. The van der Waals surface area contributed by atoms with Gasteiger partial charge in [-0.2, -0.15) is 18.3 Å². The van der Waals surface area contributed by atoms with Gasteiger partial charge in [-0.25, -0.2) is 9.07 Å². The quantitative estimate of drug-likeness (QED) is 0.522. The maximum atomic E-state index is 14.2. The van der Waals surface area contributed by atoms with Crippen molar-refractivity contribution >= 4 is 16.5 Å². The highest BCUT2D eigenvalue weighted by molar-refractivity contribution is 5.92. The molecule has 3 N–H and O–H groups in total. The van der Waals surface area contributed by atoms with Gasteiger partial charge in [0, 0.05) is 23.7 Å². The summed E-state index contributed by atoms with van der Waals surface area (Å²) in [6, 6.07) is 4.74. The van der Waals surface area contributed by atoms with Gasteiger partial charge in [-0.15, -0.1) is 0 Å². The van der Waals surface area contributed by atoms with Crippen molar-refractivity contribution in [3.05, 3.63) is 63.8 Å². The summed E-state index contributed by atoms with van der Waals surface area (Å²) < 4.78 is 57.8. The number of alkyl halides is 3. The Hall–Kier alpha value is -3.14. The van der Waals surface area contributed by atoms with Crippen molar-refractivity contribution in [3.63, 3.8) is 0 Å². The van der Waals surface area contributed by atoms with E-state index in [0.29, 0.717) is 0 Å². The topological polar surface area (TPSA) is 87.4 Å². The number of phenolic OH excluding ortho intramolecular Hbond substituents is 1. The van der Waals surface area contributed by atoms with Crippen LogP contribution < -0.4 is 10.9 Å². The number of aliphatic hydroxyl groups is 1. The molecule has 6 nitrogen and oxygen atoms in total. The zero-order valence-corrected chi connectivity index (χ0v) is 17.2. The molecule has 10 heteroatoms. The second-order valence-electron chi connectivity index (χ2n) is 8.05. The van der Waals surface area contributed by atoms with E-state index in [0.717, 1.165) is 16.8 Å². The Bertz CT molecular complexity index is 1260. The van der Waals surface area contributed by atoms with E-state index in [-0.39, 0.29) is 34.0 Å². The van der Waals surface area contributed by atoms with E-state index in [2.05, 4.69) is 10.4 Å². The van der Waals surface area contributed by atoms with Crippen molar-refractivity contribution in [1.29, 1.82) is 0 Å². The fraction of sp³-hybridized carbons (Fsp3) is 0.364. The maximum absolute atomic E-state index is 14.2. The van der Waals surface area contributed by atoms with Crippen molar-refractivity contribution in [2.24, 2.45) is 7.05 Å². The first-order valence-electron chi connectivity index (χ1n) is 10.0. The molecular weight excluding hydrogens is 430 g/mol. The van der Waals surface area contributed by atoms with E-state index in [1.807, 2.05) is 0 Å². The van der Waals surface area contributed by atoms with Crippen LogP contribution in [0.4, 0.5) is 23.2 Å². The van der Waals surface area contributed by atoms with E-state index in [9.17, 15) is 32.6 Å². The number of rotatable bonds is 3. The van der Waals surface area contributed by atoms with Crippen LogP contribution in [0.2, 0.25) is 0 Å². The van der Waals surface area contributed by atoms with Crippen LogP contribution in [0.5, 0.6) is 5.75 Å². The second-order valence-corrected chi connectivity index (χ2v) is 8.05. The minimum atomic E-state index is -5.03. The number of aryl methyl sites for hydroxylation is 1. The molecule has 1 aliphatic carbocycles. The summed E-state index contributed by atoms with van der Waals surface area (Å²) in [6.45, 7) is 1.61. The predicted molar refractivity (Wildman–Crippen MR) is 110 cm³/mol. The Morgan fingerprint density at radius 2 is 1.97 bits per heavy atom. The van der Waals surface area contributed by atoms with Crippen LogP contribution in [-0.4, -0.2) is 31.8 Å². The van der Waals surface area contributed by atoms with Gasteiger partial charge in [0.15, 0.2) is 17.2 Å². The highest BCUT2D eigenvalue weighted by Gasteiger charge is 2.62. The Labute approximate surface area is 180 Å². The van der Waals surface area contributed by atoms with Crippen molar-refractivity contribution in [1.82, 2.24) is 9.78 Å². The molecule has 0 fully saturated rings. The predicted octanol–water partition coefficient (Wildman–Crippen LogP) is 4.12. The molecule has 0 amide bonds. The molecule has 0 bridgehead atoms. The van der Waals surface area contributed by atoms with Gasteiger partial charge >= 0.3 is 6.18 Å². The van der Waals surface area contributed by atoms with Crippen LogP contribution in [0.3, 0.4) is 0 Å². The average molecular weight is 451 g/mol. The van der Waals surface area contributed by atoms with Crippen LogP contribution in [-0.2, 0) is 7.05 Å². The Morgan fingerprint density at radius 1 is 1.25 bits per heavy atom. The van der Waals surface area contributed by atoms with Crippen LogP contribution in [0.25, 0.3) is 10.8 Å². The van der Waals surface area contributed by atoms with Crippen LogP contribution in [0, 0.1) is 5.82 Å². The fourth-order valence-electron chi connectivity index (χ4n) is 4.50. The largest absolute Gasteiger partial charge is 0.505 e. The number of nitrogens with zero attached hydrogens (tertiary/aromatic N) is 2. The first kappa shape index (κ1) is 22.1. The molecule has 0 aliphatic heterocycles. The number of nitrogens with one attached hydrogen (secondary N) is 1. The van der Waals surface area contributed by atoms with Gasteiger partial charge in [-0.05, 0) is 42.5 Å². The number of benzene rings is 2. The molecule has 170 valence electrons. The maximum Gasteiger partial charge on any atom is 0.419 e. The minimum absolute atomic E-state index is 0.0354. The lowest BCUT2D eigenvalue weighted by atomic mass is 9.69. The summed E-state index contributed by atoms with van der Waals surface area (Å²) in [5.74, 6) is -2.58. The molecule has 2 aromatic carbocycles. The van der Waals surface area contributed by atoms with Gasteiger partial charge in [0.1, 0.15) is 0 Å². The van der Waals surface area contributed by atoms with Gasteiger partial charge < -0.3 is 15.5 Å². The van der Waals surface area contributed by atoms with Gasteiger partial charge in [-0.1, -0.05) is 19.1 Å². The summed E-state index contributed by atoms with van der Waals surface area (Å²) in [5, 5.41) is 28.4. The van der Waals surface area contributed by atoms with Gasteiger partial charge in [0.2, 0.25) is 0 Å². The lowest BCUT2D eigenvalue weighted by molar-refractivity contribution is -0.272. The molecule has 0 saturated heterocycles. The summed E-state index contributed by atoms with van der Waals surface area (Å²) in [6.07, 6.45) is -4.30. The zero-order valence-electron chi connectivity index (χ0n) is 17.2. The minimum Gasteiger partial charge on any atom is -0.505 e. The summed E-state index contributed by atoms with van der Waals surface area (Å²) in [4.78, 5) is 12.4. The van der Waals surface area contributed by atoms with E-state index >= 15 is 0 Å². The van der Waals surface area contributed by atoms with Crippen molar-refractivity contribution in [2.75, 3.05) is 5.32 Å². The number of hydrogen-bond acceptors (Lipinski definition) is 5. The number of phenols is 1. The molecular formula is C22H21F4N3O3. The lowest BCUT2D eigenvalue weighted by Gasteiger charge is -2.45. The van der Waals surface area contributed by atoms with E-state index in [1.54, 1.807) is 6.92 Å². The van der Waals surface area contributed by atoms with Crippen molar-refractivity contribution < 1.29 is 27.8 Å². The number of halogens is 4. The average Bonchev–Trinajstić information content (AvgIpc) is 2.74. The number of anilines is 1. The molecule has 4 rings (SSSR count). The lowest BCUT2D eigenvalue weighted by Crippen LogP contribution is -2.55. The molecule has 0 saturated carbocycles. The Balaban J connectivity index is 1.95. The summed E-state index contributed by atoms with van der Waals surface area (Å²) in [5.41, 5.74) is -3.53. The number of fused-ring (bicyclic) bond motifs is 2. The third-order valence-corrected chi connectivity index (χ3v) is 6.23. The van der Waals surface area contributed by atoms with Crippen molar-refractivity contribution in [2.45, 2.75) is 43.5 Å². The standard InChI is InChI=1S/C22H21F4N3O3/c1-3-11-9-21(32,22(24,25)26)19(13-7-8-15(23)18(30)17(11)13)28-16-6-4-5-12-14(16)10-27-29(2)20(12)31/h4-8,10-11,19,28,30,32H,3,9H2,1-2H3/t11-,19+,21-/m1/s1. The molecule has 3 aromatic rings. The van der Waals surface area contributed by atoms with Gasteiger partial charge in [0.25, 0.3) is 5.56 Å². The van der Waals surface area contributed by atoms with E-state index in [1.165, 1.54) is 31.4 Å². The number of hydrogen-bond donors (Lipinski definition) is 3. The smallest absolute Gasteiger partial charge is 0.419 e. The molecule has 1 aromatic heterocycles. The highest BCUT2D eigenvalue weighted by atomic mass is 19.4. The molecule has 1 aliphatic rings. The molecule has 1 heterocycles. The normalized spacial score (nSPS) is 23.2. The summed E-state index contributed by atoms with van der Waals surface area (Å²) >= 11 is 0. The van der Waals surface area contributed by atoms with Crippen LogP contribution >= 0.6 is 0 Å². The molecule has 32 heavy (non-hydrogen) atoms. The first-order chi connectivity index (χ1) is 15.0. The SMILES string of the molecule is CC[C@@H]1C[C@](O)(C(F)(F)F)[C@@H](Nc2cccc3c(=O)n(C)ncc23)c2ccc(F)c(O)c21. The van der Waals surface area contributed by atoms with E-state index in [4.69, 9.17) is 0 Å². The number of aromatic hydroxyl groups is 1. The number of aromatic nitrogens is 2. The molecule has 0 radical (unpaired) electrons. The Morgan fingerprint density at radius 3 is 2.62 bits per heavy atom. The molecule has 0 unspecified atom stereocenters.